The highest BCUT2D eigenvalue weighted by Gasteiger charge is 2.45. The first-order valence-corrected chi connectivity index (χ1v) is 9.44. The molecule has 0 bridgehead atoms. The summed E-state index contributed by atoms with van der Waals surface area (Å²) >= 11 is 0. The van der Waals surface area contributed by atoms with Crippen LogP contribution < -0.4 is 15.5 Å². The number of amides is 1. The number of carbonyl (C=O) groups is 1. The maximum Gasteiger partial charge on any atom is 0.259 e. The number of nitrogens with zero attached hydrogens (tertiary/aromatic N) is 4. The number of hydrogen-bond donors (Lipinski definition) is 2. The van der Waals surface area contributed by atoms with Gasteiger partial charge in [0.15, 0.2) is 5.65 Å². The number of rotatable bonds is 3. The smallest absolute Gasteiger partial charge is 0.259 e. The molecule has 5 rings (SSSR count). The lowest BCUT2D eigenvalue weighted by molar-refractivity contribution is 0.102. The first-order chi connectivity index (χ1) is 13.5. The van der Waals surface area contributed by atoms with Crippen LogP contribution in [0.15, 0.2) is 36.8 Å². The lowest BCUT2D eigenvalue weighted by Gasteiger charge is -2.35. The molecule has 0 unspecified atom stereocenters. The second kappa shape index (κ2) is 6.27. The van der Waals surface area contributed by atoms with Gasteiger partial charge < -0.3 is 19.9 Å². The van der Waals surface area contributed by atoms with Crippen molar-refractivity contribution >= 4 is 23.1 Å². The Hall–Kier alpha value is -3.00. The van der Waals surface area contributed by atoms with Crippen LogP contribution in [0.1, 0.15) is 28.9 Å². The number of aryl methyl sites for hydroxylation is 1. The van der Waals surface area contributed by atoms with Crippen LogP contribution in [0.3, 0.4) is 0 Å². The summed E-state index contributed by atoms with van der Waals surface area (Å²) in [7, 11) is 0. The van der Waals surface area contributed by atoms with E-state index in [0.29, 0.717) is 11.5 Å². The Bertz CT molecular complexity index is 1070. The normalized spacial score (nSPS) is 17.9. The molecular weight excluding hydrogens is 359 g/mol. The summed E-state index contributed by atoms with van der Waals surface area (Å²) in [6, 6.07) is 4.81. The number of halogens is 1. The van der Waals surface area contributed by atoms with E-state index in [9.17, 15) is 9.18 Å². The van der Waals surface area contributed by atoms with Gasteiger partial charge >= 0.3 is 0 Å². The molecule has 0 radical (unpaired) electrons. The van der Waals surface area contributed by atoms with Gasteiger partial charge in [0, 0.05) is 37.1 Å². The van der Waals surface area contributed by atoms with E-state index >= 15 is 0 Å². The standard InChI is InChI=1S/C20H21FN6O/c1-13-10-27-11-17(22-9-18(27)24-13)25-19(28)15-3-2-14(8-16(15)21)26-7-6-23-20(12-26)4-5-20/h2-3,8-11,23H,4-7,12H2,1H3,(H,25,28). The first kappa shape index (κ1) is 17.1. The first-order valence-electron chi connectivity index (χ1n) is 9.44. The van der Waals surface area contributed by atoms with E-state index in [1.54, 1.807) is 22.9 Å². The highest BCUT2D eigenvalue weighted by Crippen LogP contribution is 2.38. The maximum atomic E-state index is 14.7. The molecule has 3 heterocycles. The average Bonchev–Trinajstić information content (AvgIpc) is 3.30. The second-order valence-corrected chi connectivity index (χ2v) is 7.67. The Morgan fingerprint density at radius 3 is 2.96 bits per heavy atom. The van der Waals surface area contributed by atoms with Gasteiger partial charge in [0.25, 0.3) is 5.91 Å². The van der Waals surface area contributed by atoms with Gasteiger partial charge in [-0.15, -0.1) is 0 Å². The number of imidazole rings is 1. The molecule has 1 aliphatic heterocycles. The molecule has 0 atom stereocenters. The van der Waals surface area contributed by atoms with Crippen molar-refractivity contribution in [2.45, 2.75) is 25.3 Å². The Balaban J connectivity index is 1.34. The molecule has 1 amide bonds. The number of aromatic nitrogens is 3. The van der Waals surface area contributed by atoms with Gasteiger partial charge in [-0.2, -0.15) is 0 Å². The molecule has 2 fully saturated rings. The number of anilines is 2. The summed E-state index contributed by atoms with van der Waals surface area (Å²) in [5.41, 5.74) is 2.57. The molecule has 7 nitrogen and oxygen atoms in total. The summed E-state index contributed by atoms with van der Waals surface area (Å²) in [5.74, 6) is -0.708. The van der Waals surface area contributed by atoms with Gasteiger partial charge in [-0.3, -0.25) is 4.79 Å². The van der Waals surface area contributed by atoms with E-state index in [4.69, 9.17) is 0 Å². The van der Waals surface area contributed by atoms with E-state index in [0.717, 1.165) is 31.0 Å². The summed E-state index contributed by atoms with van der Waals surface area (Å²) in [6.07, 6.45) is 7.40. The van der Waals surface area contributed by atoms with Crippen LogP contribution in [-0.2, 0) is 0 Å². The fourth-order valence-corrected chi connectivity index (χ4v) is 3.82. The predicted molar refractivity (Wildman–Crippen MR) is 104 cm³/mol. The molecule has 1 spiro atoms. The summed E-state index contributed by atoms with van der Waals surface area (Å²) < 4.78 is 16.5. The highest BCUT2D eigenvalue weighted by atomic mass is 19.1. The van der Waals surface area contributed by atoms with Crippen molar-refractivity contribution in [1.82, 2.24) is 19.7 Å². The van der Waals surface area contributed by atoms with Crippen LogP contribution in [0.5, 0.6) is 0 Å². The predicted octanol–water partition coefficient (Wildman–Crippen LogP) is 2.37. The number of carbonyl (C=O) groups excluding carboxylic acids is 1. The van der Waals surface area contributed by atoms with Crippen molar-refractivity contribution in [3.05, 3.63) is 53.9 Å². The Kier molecular flexibility index (Phi) is 3.83. The Morgan fingerprint density at radius 2 is 2.18 bits per heavy atom. The zero-order valence-electron chi connectivity index (χ0n) is 15.6. The monoisotopic (exact) mass is 380 g/mol. The van der Waals surface area contributed by atoms with Crippen molar-refractivity contribution < 1.29 is 9.18 Å². The molecule has 144 valence electrons. The van der Waals surface area contributed by atoms with Crippen LogP contribution in [0.4, 0.5) is 15.9 Å². The van der Waals surface area contributed by atoms with Gasteiger partial charge in [-0.25, -0.2) is 14.4 Å². The topological polar surface area (TPSA) is 74.6 Å². The minimum Gasteiger partial charge on any atom is -0.368 e. The Labute approximate surface area is 161 Å². The summed E-state index contributed by atoms with van der Waals surface area (Å²) in [4.78, 5) is 23.2. The lowest BCUT2D eigenvalue weighted by Crippen LogP contribution is -2.52. The third kappa shape index (κ3) is 3.09. The Morgan fingerprint density at radius 1 is 1.32 bits per heavy atom. The third-order valence-electron chi connectivity index (χ3n) is 5.49. The van der Waals surface area contributed by atoms with E-state index in [-0.39, 0.29) is 11.1 Å². The minimum atomic E-state index is -0.530. The van der Waals surface area contributed by atoms with Crippen LogP contribution in [-0.4, -0.2) is 45.4 Å². The maximum absolute atomic E-state index is 14.7. The van der Waals surface area contributed by atoms with Crippen LogP contribution >= 0.6 is 0 Å². The van der Waals surface area contributed by atoms with E-state index < -0.39 is 11.7 Å². The van der Waals surface area contributed by atoms with Gasteiger partial charge in [0.1, 0.15) is 11.6 Å². The van der Waals surface area contributed by atoms with Crippen molar-refractivity contribution in [3.8, 4) is 0 Å². The number of fused-ring (bicyclic) bond motifs is 1. The molecule has 1 aliphatic carbocycles. The van der Waals surface area contributed by atoms with Crippen molar-refractivity contribution in [3.63, 3.8) is 0 Å². The van der Waals surface area contributed by atoms with Crippen molar-refractivity contribution in [2.75, 3.05) is 29.9 Å². The van der Waals surface area contributed by atoms with Crippen molar-refractivity contribution in [2.24, 2.45) is 0 Å². The summed E-state index contributed by atoms with van der Waals surface area (Å²) in [6.45, 7) is 4.49. The fraction of sp³-hybridized carbons (Fsp3) is 0.350. The fourth-order valence-electron chi connectivity index (χ4n) is 3.82. The zero-order valence-corrected chi connectivity index (χ0v) is 15.6. The van der Waals surface area contributed by atoms with Crippen LogP contribution in [0.25, 0.3) is 5.65 Å². The molecule has 1 saturated heterocycles. The molecular formula is C20H21FN6O. The minimum absolute atomic E-state index is 0.00345. The van der Waals surface area contributed by atoms with Crippen LogP contribution in [0, 0.1) is 12.7 Å². The van der Waals surface area contributed by atoms with E-state index in [1.807, 2.05) is 19.2 Å². The van der Waals surface area contributed by atoms with Gasteiger partial charge in [-0.1, -0.05) is 0 Å². The van der Waals surface area contributed by atoms with E-state index in [1.165, 1.54) is 18.9 Å². The van der Waals surface area contributed by atoms with Gasteiger partial charge in [-0.05, 0) is 38.0 Å². The second-order valence-electron chi connectivity index (χ2n) is 7.67. The number of nitrogens with one attached hydrogen (secondary N) is 2. The largest absolute Gasteiger partial charge is 0.368 e. The van der Waals surface area contributed by atoms with Crippen LogP contribution in [0.2, 0.25) is 0 Å². The number of benzene rings is 1. The quantitative estimate of drug-likeness (QED) is 0.730. The molecule has 2 aromatic heterocycles. The van der Waals surface area contributed by atoms with E-state index in [2.05, 4.69) is 25.5 Å². The van der Waals surface area contributed by atoms with Crippen molar-refractivity contribution in [1.29, 1.82) is 0 Å². The summed E-state index contributed by atoms with van der Waals surface area (Å²) in [5, 5.41) is 6.20. The molecule has 2 N–H and O–H groups in total. The SMILES string of the molecule is Cc1cn2cc(NC(=O)c3ccc(N4CCNC5(CC5)C4)cc3F)ncc2n1. The molecule has 2 aliphatic rings. The molecule has 28 heavy (non-hydrogen) atoms. The van der Waals surface area contributed by atoms with Gasteiger partial charge in [0.05, 0.1) is 23.7 Å². The molecule has 3 aromatic rings. The highest BCUT2D eigenvalue weighted by molar-refractivity contribution is 6.04. The van der Waals surface area contributed by atoms with Gasteiger partial charge in [0.2, 0.25) is 0 Å². The third-order valence-corrected chi connectivity index (χ3v) is 5.49. The number of piperazine rings is 1. The average molecular weight is 380 g/mol. The molecule has 8 heteroatoms. The lowest BCUT2D eigenvalue weighted by atomic mass is 10.1. The molecule has 1 aromatic carbocycles. The molecule has 1 saturated carbocycles. The number of hydrogen-bond acceptors (Lipinski definition) is 5. The zero-order chi connectivity index (χ0) is 19.3.